The summed E-state index contributed by atoms with van der Waals surface area (Å²) < 4.78 is 5.32. The molecule has 2 N–H and O–H groups in total. The van der Waals surface area contributed by atoms with E-state index in [0.29, 0.717) is 18.7 Å². The van der Waals surface area contributed by atoms with E-state index in [2.05, 4.69) is 0 Å². The van der Waals surface area contributed by atoms with Crippen molar-refractivity contribution in [2.45, 2.75) is 44.8 Å². The van der Waals surface area contributed by atoms with Crippen LogP contribution in [0.3, 0.4) is 0 Å². The maximum Gasteiger partial charge on any atom is 0.226 e. The first-order chi connectivity index (χ1) is 7.60. The van der Waals surface area contributed by atoms with Crippen molar-refractivity contribution in [2.24, 2.45) is 11.7 Å². The molecule has 4 heteroatoms. The Hall–Kier alpha value is -0.610. The number of nitrogens with zero attached hydrogens (tertiary/aromatic N) is 1. The Morgan fingerprint density at radius 1 is 1.44 bits per heavy atom. The minimum atomic E-state index is -0.0647. The number of rotatable bonds is 4. The molecule has 1 aliphatic carbocycles. The molecule has 1 fully saturated rings. The number of carbonyl (C=O) groups is 1. The SMILES string of the molecule is COC1CCC(N(C)C(=O)C(C)CN)CC1. The molecule has 0 radical (unpaired) electrons. The van der Waals surface area contributed by atoms with Gasteiger partial charge in [0.05, 0.1) is 6.10 Å². The first kappa shape index (κ1) is 13.5. The van der Waals surface area contributed by atoms with Gasteiger partial charge in [-0.05, 0) is 25.7 Å². The third kappa shape index (κ3) is 3.19. The van der Waals surface area contributed by atoms with E-state index in [0.717, 1.165) is 25.7 Å². The molecular formula is C12H24N2O2. The second kappa shape index (κ2) is 6.21. The largest absolute Gasteiger partial charge is 0.381 e. The molecule has 0 spiro atoms. The fourth-order valence-corrected chi connectivity index (χ4v) is 2.30. The van der Waals surface area contributed by atoms with Crippen molar-refractivity contribution in [1.29, 1.82) is 0 Å². The van der Waals surface area contributed by atoms with Gasteiger partial charge in [0, 0.05) is 32.7 Å². The number of hydrogen-bond donors (Lipinski definition) is 1. The maximum absolute atomic E-state index is 11.9. The summed E-state index contributed by atoms with van der Waals surface area (Å²) in [5.74, 6) is 0.105. The van der Waals surface area contributed by atoms with E-state index in [1.807, 2.05) is 18.9 Å². The predicted octanol–water partition coefficient (Wildman–Crippen LogP) is 0.997. The summed E-state index contributed by atoms with van der Waals surface area (Å²) in [7, 11) is 3.66. The Morgan fingerprint density at radius 2 is 2.00 bits per heavy atom. The van der Waals surface area contributed by atoms with Gasteiger partial charge in [0.1, 0.15) is 0 Å². The summed E-state index contributed by atoms with van der Waals surface area (Å²) in [4.78, 5) is 13.8. The molecule has 0 heterocycles. The molecule has 0 aliphatic heterocycles. The number of nitrogens with two attached hydrogens (primary N) is 1. The van der Waals surface area contributed by atoms with E-state index >= 15 is 0 Å². The van der Waals surface area contributed by atoms with Gasteiger partial charge in [-0.25, -0.2) is 0 Å². The van der Waals surface area contributed by atoms with Crippen molar-refractivity contribution in [2.75, 3.05) is 20.7 Å². The van der Waals surface area contributed by atoms with Gasteiger partial charge in [-0.15, -0.1) is 0 Å². The van der Waals surface area contributed by atoms with Gasteiger partial charge in [-0.3, -0.25) is 4.79 Å². The first-order valence-electron chi connectivity index (χ1n) is 6.09. The molecule has 1 amide bonds. The maximum atomic E-state index is 11.9. The lowest BCUT2D eigenvalue weighted by molar-refractivity contribution is -0.136. The Kier molecular flexibility index (Phi) is 5.22. The second-order valence-corrected chi connectivity index (χ2v) is 4.75. The van der Waals surface area contributed by atoms with E-state index in [-0.39, 0.29) is 11.8 Å². The molecule has 0 aromatic carbocycles. The minimum Gasteiger partial charge on any atom is -0.381 e. The van der Waals surface area contributed by atoms with Crippen LogP contribution in [0.15, 0.2) is 0 Å². The van der Waals surface area contributed by atoms with Gasteiger partial charge in [0.15, 0.2) is 0 Å². The minimum absolute atomic E-state index is 0.0647. The average molecular weight is 228 g/mol. The molecule has 1 rings (SSSR count). The zero-order valence-electron chi connectivity index (χ0n) is 10.6. The van der Waals surface area contributed by atoms with E-state index in [1.54, 1.807) is 7.11 Å². The van der Waals surface area contributed by atoms with Crippen molar-refractivity contribution >= 4 is 5.91 Å². The quantitative estimate of drug-likeness (QED) is 0.781. The van der Waals surface area contributed by atoms with Crippen molar-refractivity contribution in [3.05, 3.63) is 0 Å². The summed E-state index contributed by atoms with van der Waals surface area (Å²) >= 11 is 0. The molecule has 0 bridgehead atoms. The summed E-state index contributed by atoms with van der Waals surface area (Å²) in [6.07, 6.45) is 4.56. The van der Waals surface area contributed by atoms with E-state index in [1.165, 1.54) is 0 Å². The van der Waals surface area contributed by atoms with E-state index in [9.17, 15) is 4.79 Å². The molecular weight excluding hydrogens is 204 g/mol. The normalized spacial score (nSPS) is 27.5. The van der Waals surface area contributed by atoms with E-state index < -0.39 is 0 Å². The highest BCUT2D eigenvalue weighted by atomic mass is 16.5. The van der Waals surface area contributed by atoms with Crippen LogP contribution in [0.25, 0.3) is 0 Å². The van der Waals surface area contributed by atoms with Gasteiger partial charge in [-0.1, -0.05) is 6.92 Å². The molecule has 0 aromatic rings. The van der Waals surface area contributed by atoms with Crippen LogP contribution in [-0.2, 0) is 9.53 Å². The van der Waals surface area contributed by atoms with Gasteiger partial charge < -0.3 is 15.4 Å². The highest BCUT2D eigenvalue weighted by Crippen LogP contribution is 2.24. The highest BCUT2D eigenvalue weighted by molar-refractivity contribution is 5.78. The number of amides is 1. The lowest BCUT2D eigenvalue weighted by Crippen LogP contribution is -2.44. The Morgan fingerprint density at radius 3 is 2.44 bits per heavy atom. The van der Waals surface area contributed by atoms with Gasteiger partial charge >= 0.3 is 0 Å². The summed E-state index contributed by atoms with van der Waals surface area (Å²) in [5, 5.41) is 0. The van der Waals surface area contributed by atoms with Crippen LogP contribution in [0.5, 0.6) is 0 Å². The van der Waals surface area contributed by atoms with Crippen molar-refractivity contribution in [3.63, 3.8) is 0 Å². The fraction of sp³-hybridized carbons (Fsp3) is 0.917. The van der Waals surface area contributed by atoms with Gasteiger partial charge in [0.25, 0.3) is 0 Å². The summed E-state index contributed by atoms with van der Waals surface area (Å²) in [6, 6.07) is 0.368. The van der Waals surface area contributed by atoms with Crippen LogP contribution in [0, 0.1) is 5.92 Å². The number of methoxy groups -OCH3 is 1. The molecule has 16 heavy (non-hydrogen) atoms. The second-order valence-electron chi connectivity index (χ2n) is 4.75. The van der Waals surface area contributed by atoms with Crippen molar-refractivity contribution in [3.8, 4) is 0 Å². The third-order valence-electron chi connectivity index (χ3n) is 3.65. The van der Waals surface area contributed by atoms with Crippen LogP contribution >= 0.6 is 0 Å². The smallest absolute Gasteiger partial charge is 0.226 e. The molecule has 4 nitrogen and oxygen atoms in total. The van der Waals surface area contributed by atoms with Gasteiger partial charge in [0.2, 0.25) is 5.91 Å². The average Bonchev–Trinajstić information content (AvgIpc) is 2.36. The molecule has 1 unspecified atom stereocenters. The summed E-state index contributed by atoms with van der Waals surface area (Å²) in [5.41, 5.74) is 5.52. The van der Waals surface area contributed by atoms with E-state index in [4.69, 9.17) is 10.5 Å². The molecule has 0 aromatic heterocycles. The Bertz CT molecular complexity index is 225. The number of carbonyl (C=O) groups excluding carboxylic acids is 1. The molecule has 1 aliphatic rings. The fourth-order valence-electron chi connectivity index (χ4n) is 2.30. The highest BCUT2D eigenvalue weighted by Gasteiger charge is 2.27. The Balaban J connectivity index is 2.43. The Labute approximate surface area is 98.1 Å². The predicted molar refractivity (Wildman–Crippen MR) is 64.0 cm³/mol. The topological polar surface area (TPSA) is 55.6 Å². The molecule has 0 saturated heterocycles. The zero-order valence-corrected chi connectivity index (χ0v) is 10.6. The van der Waals surface area contributed by atoms with Crippen LogP contribution in [0.2, 0.25) is 0 Å². The van der Waals surface area contributed by atoms with Crippen molar-refractivity contribution in [1.82, 2.24) is 4.90 Å². The zero-order chi connectivity index (χ0) is 12.1. The first-order valence-corrected chi connectivity index (χ1v) is 6.09. The summed E-state index contributed by atoms with van der Waals surface area (Å²) in [6.45, 7) is 2.32. The van der Waals surface area contributed by atoms with Crippen LogP contribution in [0.1, 0.15) is 32.6 Å². The van der Waals surface area contributed by atoms with Gasteiger partial charge in [-0.2, -0.15) is 0 Å². The molecule has 1 saturated carbocycles. The molecule has 1 atom stereocenters. The number of ether oxygens (including phenoxy) is 1. The van der Waals surface area contributed by atoms with Crippen molar-refractivity contribution < 1.29 is 9.53 Å². The number of hydrogen-bond acceptors (Lipinski definition) is 3. The third-order valence-corrected chi connectivity index (χ3v) is 3.65. The standard InChI is InChI=1S/C12H24N2O2/c1-9(8-13)12(15)14(2)10-4-6-11(16-3)7-5-10/h9-11H,4-8,13H2,1-3H3. The van der Waals surface area contributed by atoms with Crippen LogP contribution in [0.4, 0.5) is 0 Å². The lowest BCUT2D eigenvalue weighted by atomic mass is 9.91. The van der Waals surface area contributed by atoms with Crippen LogP contribution in [-0.4, -0.2) is 43.7 Å². The van der Waals surface area contributed by atoms with Crippen LogP contribution < -0.4 is 5.73 Å². The molecule has 94 valence electrons. The lowest BCUT2D eigenvalue weighted by Gasteiger charge is -2.35. The monoisotopic (exact) mass is 228 g/mol.